The summed E-state index contributed by atoms with van der Waals surface area (Å²) in [7, 11) is 0. The number of rotatable bonds is 6. The Labute approximate surface area is 185 Å². The van der Waals surface area contributed by atoms with Crippen molar-refractivity contribution in [3.8, 4) is 10.9 Å². The maximum absolute atomic E-state index is 12.5. The molecule has 2 bridgehead atoms. The Morgan fingerprint density at radius 3 is 2.81 bits per heavy atom. The first kappa shape index (κ1) is 19.2. The van der Waals surface area contributed by atoms with Gasteiger partial charge in [0.2, 0.25) is 0 Å². The second kappa shape index (κ2) is 7.29. The number of para-hydroxylation sites is 1. The van der Waals surface area contributed by atoms with Crippen LogP contribution < -0.4 is 4.74 Å². The number of fused-ring (bicyclic) bond motifs is 3. The van der Waals surface area contributed by atoms with E-state index in [1.54, 1.807) is 11.3 Å². The highest BCUT2D eigenvalue weighted by Gasteiger charge is 2.55. The molecule has 3 aliphatic rings. The van der Waals surface area contributed by atoms with Gasteiger partial charge >= 0.3 is 0 Å². The molecule has 7 heteroatoms. The topological polar surface area (TPSA) is 65.9 Å². The molecule has 3 aromatic rings. The number of hydrogen-bond acceptors (Lipinski definition) is 6. The average Bonchev–Trinajstić information content (AvgIpc) is 3.12. The third-order valence-corrected chi connectivity index (χ3v) is 7.72. The van der Waals surface area contributed by atoms with Gasteiger partial charge < -0.3 is 14.7 Å². The molecular weight excluding hydrogens is 410 g/mol. The third-order valence-electron chi connectivity index (χ3n) is 6.80. The fraction of sp³-hybridized carbons (Fsp3) is 0.417. The average molecular weight is 436 g/mol. The van der Waals surface area contributed by atoms with Gasteiger partial charge in [-0.05, 0) is 55.5 Å². The van der Waals surface area contributed by atoms with Crippen LogP contribution in [-0.2, 0) is 11.2 Å². The molecule has 0 radical (unpaired) electrons. The summed E-state index contributed by atoms with van der Waals surface area (Å²) in [5, 5.41) is 10.8. The lowest BCUT2D eigenvalue weighted by atomic mass is 10.1. The van der Waals surface area contributed by atoms with E-state index in [9.17, 15) is 9.90 Å². The van der Waals surface area contributed by atoms with Gasteiger partial charge in [-0.3, -0.25) is 9.69 Å². The molecule has 3 heterocycles. The number of aliphatic hydroxyl groups is 1. The summed E-state index contributed by atoms with van der Waals surface area (Å²) in [6.45, 7) is 2.64. The van der Waals surface area contributed by atoms with Crippen LogP contribution in [0.3, 0.4) is 0 Å². The fourth-order valence-electron chi connectivity index (χ4n) is 4.90. The SMILES string of the molecule is O=C(N1CC2CC1CN2CCc1cccc(Oc2nc3ccccc3s2)c1)C1(O)CC1. The highest BCUT2D eigenvalue weighted by molar-refractivity contribution is 7.20. The summed E-state index contributed by atoms with van der Waals surface area (Å²) >= 11 is 1.56. The molecule has 2 aromatic carbocycles. The molecule has 1 amide bonds. The first-order chi connectivity index (χ1) is 15.1. The Bertz CT molecular complexity index is 1110. The number of aromatic nitrogens is 1. The second-order valence-electron chi connectivity index (χ2n) is 8.97. The van der Waals surface area contributed by atoms with Gasteiger partial charge in [0.05, 0.1) is 10.2 Å². The normalized spacial score (nSPS) is 24.1. The lowest BCUT2D eigenvalue weighted by molar-refractivity contribution is -0.144. The summed E-state index contributed by atoms with van der Waals surface area (Å²) < 4.78 is 7.15. The molecule has 0 spiro atoms. The Kier molecular flexibility index (Phi) is 4.52. The van der Waals surface area contributed by atoms with Gasteiger partial charge in [-0.2, -0.15) is 0 Å². The summed E-state index contributed by atoms with van der Waals surface area (Å²) in [6, 6.07) is 17.0. The Balaban J connectivity index is 1.06. The van der Waals surface area contributed by atoms with Crippen LogP contribution in [0.1, 0.15) is 24.8 Å². The molecule has 2 atom stereocenters. The molecule has 1 aromatic heterocycles. The van der Waals surface area contributed by atoms with Crippen LogP contribution in [0.25, 0.3) is 10.2 Å². The van der Waals surface area contributed by atoms with Crippen LogP contribution in [0.5, 0.6) is 10.9 Å². The molecular formula is C24H25N3O3S. The number of likely N-dealkylation sites (tertiary alicyclic amines) is 2. The standard InChI is InChI=1S/C24H25N3O3S/c28-22(24(29)9-10-24)27-15-17-13-18(27)14-26(17)11-8-16-4-3-5-19(12-16)30-23-25-20-6-1-2-7-21(20)31-23/h1-7,12,17-18,29H,8-11,13-15H2. The lowest BCUT2D eigenvalue weighted by Gasteiger charge is -2.35. The van der Waals surface area contributed by atoms with E-state index in [1.807, 2.05) is 35.2 Å². The Morgan fingerprint density at radius 1 is 1.16 bits per heavy atom. The van der Waals surface area contributed by atoms with Gasteiger partial charge in [-0.25, -0.2) is 4.98 Å². The van der Waals surface area contributed by atoms with Crippen molar-refractivity contribution in [1.29, 1.82) is 0 Å². The van der Waals surface area contributed by atoms with Crippen LogP contribution in [-0.4, -0.2) is 63.1 Å². The van der Waals surface area contributed by atoms with Crippen molar-refractivity contribution in [2.75, 3.05) is 19.6 Å². The fourth-order valence-corrected chi connectivity index (χ4v) is 5.74. The summed E-state index contributed by atoms with van der Waals surface area (Å²) in [4.78, 5) is 21.5. The number of amides is 1. The van der Waals surface area contributed by atoms with Gasteiger partial charge in [-0.1, -0.05) is 35.6 Å². The van der Waals surface area contributed by atoms with Crippen LogP contribution in [0, 0.1) is 0 Å². The van der Waals surface area contributed by atoms with Gasteiger partial charge in [0, 0.05) is 31.7 Å². The van der Waals surface area contributed by atoms with Gasteiger partial charge in [0.15, 0.2) is 0 Å². The minimum Gasteiger partial charge on any atom is -0.431 e. The minimum absolute atomic E-state index is 0.0423. The summed E-state index contributed by atoms with van der Waals surface area (Å²) in [6.07, 6.45) is 3.22. The first-order valence-electron chi connectivity index (χ1n) is 11.0. The number of hydrogen-bond donors (Lipinski definition) is 1. The van der Waals surface area contributed by atoms with E-state index in [2.05, 4.69) is 28.1 Å². The zero-order chi connectivity index (χ0) is 21.0. The molecule has 6 rings (SSSR count). The van der Waals surface area contributed by atoms with Gasteiger partial charge in [-0.15, -0.1) is 0 Å². The first-order valence-corrected chi connectivity index (χ1v) is 11.8. The lowest BCUT2D eigenvalue weighted by Crippen LogP contribution is -2.52. The quantitative estimate of drug-likeness (QED) is 0.643. The number of piperazine rings is 1. The number of thiazole rings is 1. The Morgan fingerprint density at radius 2 is 2.03 bits per heavy atom. The van der Waals surface area contributed by atoms with Crippen molar-refractivity contribution in [2.45, 2.75) is 43.4 Å². The van der Waals surface area contributed by atoms with Crippen LogP contribution >= 0.6 is 11.3 Å². The number of benzene rings is 2. The van der Waals surface area contributed by atoms with E-state index in [-0.39, 0.29) is 11.9 Å². The molecule has 2 unspecified atom stereocenters. The zero-order valence-corrected chi connectivity index (χ0v) is 18.1. The second-order valence-corrected chi connectivity index (χ2v) is 9.97. The van der Waals surface area contributed by atoms with E-state index >= 15 is 0 Å². The predicted octanol–water partition coefficient (Wildman–Crippen LogP) is 3.44. The smallest absolute Gasteiger partial charge is 0.279 e. The molecule has 3 fully saturated rings. The molecule has 2 saturated heterocycles. The number of ether oxygens (including phenoxy) is 1. The molecule has 160 valence electrons. The largest absolute Gasteiger partial charge is 0.431 e. The van der Waals surface area contributed by atoms with E-state index in [0.29, 0.717) is 24.1 Å². The van der Waals surface area contributed by atoms with Crippen LogP contribution in [0.15, 0.2) is 48.5 Å². The number of carbonyl (C=O) groups is 1. The van der Waals surface area contributed by atoms with E-state index in [4.69, 9.17) is 4.74 Å². The zero-order valence-electron chi connectivity index (χ0n) is 17.2. The molecule has 31 heavy (non-hydrogen) atoms. The van der Waals surface area contributed by atoms with Crippen LogP contribution in [0.4, 0.5) is 0 Å². The maximum atomic E-state index is 12.5. The number of carbonyl (C=O) groups excluding carboxylic acids is 1. The van der Waals surface area contributed by atoms with Gasteiger partial charge in [0.1, 0.15) is 11.4 Å². The van der Waals surface area contributed by atoms with Gasteiger partial charge in [0.25, 0.3) is 11.1 Å². The Hall–Kier alpha value is -2.48. The van der Waals surface area contributed by atoms with Crippen molar-refractivity contribution in [3.63, 3.8) is 0 Å². The maximum Gasteiger partial charge on any atom is 0.279 e. The van der Waals surface area contributed by atoms with E-state index in [0.717, 1.165) is 48.4 Å². The summed E-state index contributed by atoms with van der Waals surface area (Å²) in [5.74, 6) is 0.772. The highest BCUT2D eigenvalue weighted by Crippen LogP contribution is 2.41. The minimum atomic E-state index is -1.04. The molecule has 1 aliphatic carbocycles. The third kappa shape index (κ3) is 3.60. The van der Waals surface area contributed by atoms with Crippen LogP contribution in [0.2, 0.25) is 0 Å². The van der Waals surface area contributed by atoms with E-state index < -0.39 is 5.60 Å². The molecule has 2 aliphatic heterocycles. The van der Waals surface area contributed by atoms with Crippen molar-refractivity contribution in [1.82, 2.24) is 14.8 Å². The molecule has 6 nitrogen and oxygen atoms in total. The van der Waals surface area contributed by atoms with Crippen molar-refractivity contribution < 1.29 is 14.6 Å². The molecule has 1 N–H and O–H groups in total. The number of nitrogens with zero attached hydrogens (tertiary/aromatic N) is 3. The van der Waals surface area contributed by atoms with Crippen molar-refractivity contribution in [2.24, 2.45) is 0 Å². The molecule has 1 saturated carbocycles. The predicted molar refractivity (Wildman–Crippen MR) is 120 cm³/mol. The van der Waals surface area contributed by atoms with E-state index in [1.165, 1.54) is 5.56 Å². The monoisotopic (exact) mass is 435 g/mol. The van der Waals surface area contributed by atoms with Crippen molar-refractivity contribution >= 4 is 27.5 Å². The summed E-state index contributed by atoms with van der Waals surface area (Å²) in [5.41, 5.74) is 1.16. The highest BCUT2D eigenvalue weighted by atomic mass is 32.1. The van der Waals surface area contributed by atoms with Crippen molar-refractivity contribution in [3.05, 3.63) is 54.1 Å².